The summed E-state index contributed by atoms with van der Waals surface area (Å²) in [7, 11) is 0. The minimum absolute atomic E-state index is 0.744. The van der Waals surface area contributed by atoms with Gasteiger partial charge in [0, 0.05) is 5.57 Å². The van der Waals surface area contributed by atoms with Gasteiger partial charge in [0.05, 0.1) is 6.07 Å². The Hall–Kier alpha value is -1.55. The van der Waals surface area contributed by atoms with Crippen molar-refractivity contribution < 1.29 is 0 Å². The molecule has 0 spiro atoms. The SMILES string of the molecule is CCCc1ccc(/C=C(\C)C#N)cc1. The first kappa shape index (κ1) is 10.5. The molecule has 1 nitrogen and oxygen atoms in total. The predicted octanol–water partition coefficient (Wildman–Crippen LogP) is 3.57. The van der Waals surface area contributed by atoms with Crippen molar-refractivity contribution in [3.63, 3.8) is 0 Å². The van der Waals surface area contributed by atoms with Crippen LogP contribution in [0.25, 0.3) is 6.08 Å². The topological polar surface area (TPSA) is 23.8 Å². The average Bonchev–Trinajstić information content (AvgIpc) is 2.21. The maximum atomic E-state index is 8.62. The third kappa shape index (κ3) is 3.06. The summed E-state index contributed by atoms with van der Waals surface area (Å²) in [5.74, 6) is 0. The van der Waals surface area contributed by atoms with Crippen LogP contribution in [0.3, 0.4) is 0 Å². The van der Waals surface area contributed by atoms with E-state index >= 15 is 0 Å². The van der Waals surface area contributed by atoms with Crippen LogP contribution in [0.1, 0.15) is 31.4 Å². The van der Waals surface area contributed by atoms with E-state index in [-0.39, 0.29) is 0 Å². The van der Waals surface area contributed by atoms with Gasteiger partial charge in [0.1, 0.15) is 0 Å². The van der Waals surface area contributed by atoms with Crippen LogP contribution in [-0.4, -0.2) is 0 Å². The molecule has 0 aliphatic heterocycles. The summed E-state index contributed by atoms with van der Waals surface area (Å²) < 4.78 is 0. The van der Waals surface area contributed by atoms with Crippen molar-refractivity contribution >= 4 is 6.08 Å². The lowest BCUT2D eigenvalue weighted by molar-refractivity contribution is 0.922. The van der Waals surface area contributed by atoms with Gasteiger partial charge in [-0.1, -0.05) is 37.6 Å². The van der Waals surface area contributed by atoms with Gasteiger partial charge >= 0.3 is 0 Å². The van der Waals surface area contributed by atoms with Gasteiger partial charge < -0.3 is 0 Å². The molecule has 72 valence electrons. The number of nitrogens with zero attached hydrogens (tertiary/aromatic N) is 1. The predicted molar refractivity (Wildman–Crippen MR) is 59.7 cm³/mol. The highest BCUT2D eigenvalue weighted by Crippen LogP contribution is 2.09. The van der Waals surface area contributed by atoms with E-state index in [0.29, 0.717) is 0 Å². The van der Waals surface area contributed by atoms with Crippen LogP contribution < -0.4 is 0 Å². The highest BCUT2D eigenvalue weighted by molar-refractivity contribution is 5.56. The van der Waals surface area contributed by atoms with Crippen molar-refractivity contribution in [3.8, 4) is 6.07 Å². The molecular formula is C13H15N. The van der Waals surface area contributed by atoms with Crippen LogP contribution in [0, 0.1) is 11.3 Å². The fourth-order valence-corrected chi connectivity index (χ4v) is 1.35. The number of allylic oxidation sites excluding steroid dienone is 1. The van der Waals surface area contributed by atoms with E-state index in [2.05, 4.69) is 37.3 Å². The molecule has 1 aromatic rings. The summed E-state index contributed by atoms with van der Waals surface area (Å²) in [6.07, 6.45) is 4.20. The van der Waals surface area contributed by atoms with E-state index in [9.17, 15) is 0 Å². The molecule has 0 saturated heterocycles. The molecule has 1 heteroatoms. The smallest absolute Gasteiger partial charge is 0.0944 e. The molecule has 0 bridgehead atoms. The van der Waals surface area contributed by atoms with E-state index in [1.165, 1.54) is 12.0 Å². The lowest BCUT2D eigenvalue weighted by Crippen LogP contribution is -1.82. The molecule has 0 unspecified atom stereocenters. The molecule has 0 aliphatic carbocycles. The van der Waals surface area contributed by atoms with Gasteiger partial charge in [0.25, 0.3) is 0 Å². The molecule has 1 aromatic carbocycles. The number of nitriles is 1. The Labute approximate surface area is 85.7 Å². The third-order valence-corrected chi connectivity index (χ3v) is 2.08. The standard InChI is InChI=1S/C13H15N/c1-3-4-12-5-7-13(8-6-12)9-11(2)10-14/h5-9H,3-4H2,1-2H3/b11-9+. The summed E-state index contributed by atoms with van der Waals surface area (Å²) in [6.45, 7) is 3.99. The van der Waals surface area contributed by atoms with Crippen molar-refractivity contribution in [3.05, 3.63) is 41.0 Å². The van der Waals surface area contributed by atoms with Gasteiger partial charge in [-0.25, -0.2) is 0 Å². The van der Waals surface area contributed by atoms with Crippen LogP contribution in [0.5, 0.6) is 0 Å². The zero-order chi connectivity index (χ0) is 10.4. The Morgan fingerprint density at radius 1 is 1.36 bits per heavy atom. The molecule has 0 aliphatic rings. The summed E-state index contributed by atoms with van der Waals surface area (Å²) in [5, 5.41) is 8.62. The molecule has 0 saturated carbocycles. The second-order valence-electron chi connectivity index (χ2n) is 3.43. The number of hydrogen-bond donors (Lipinski definition) is 0. The van der Waals surface area contributed by atoms with Crippen LogP contribution in [0.15, 0.2) is 29.8 Å². The van der Waals surface area contributed by atoms with E-state index in [1.54, 1.807) is 0 Å². The summed E-state index contributed by atoms with van der Waals surface area (Å²) in [4.78, 5) is 0. The van der Waals surface area contributed by atoms with Crippen LogP contribution in [0.4, 0.5) is 0 Å². The third-order valence-electron chi connectivity index (χ3n) is 2.08. The van der Waals surface area contributed by atoms with Crippen molar-refractivity contribution in [2.45, 2.75) is 26.7 Å². The Balaban J connectivity index is 2.79. The summed E-state index contributed by atoms with van der Waals surface area (Å²) >= 11 is 0. The Bertz CT molecular complexity index is 352. The van der Waals surface area contributed by atoms with Gasteiger partial charge in [-0.2, -0.15) is 5.26 Å². The highest BCUT2D eigenvalue weighted by Gasteiger charge is 1.92. The van der Waals surface area contributed by atoms with Gasteiger partial charge in [-0.15, -0.1) is 0 Å². The minimum Gasteiger partial charge on any atom is -0.193 e. The van der Waals surface area contributed by atoms with Crippen LogP contribution in [-0.2, 0) is 6.42 Å². The molecule has 0 radical (unpaired) electrons. The first-order valence-electron chi connectivity index (χ1n) is 4.93. The summed E-state index contributed by atoms with van der Waals surface area (Å²) in [6, 6.07) is 10.5. The fraction of sp³-hybridized carbons (Fsp3) is 0.308. The van der Waals surface area contributed by atoms with Crippen molar-refractivity contribution in [1.82, 2.24) is 0 Å². The van der Waals surface area contributed by atoms with Gasteiger partial charge in [0.2, 0.25) is 0 Å². The number of rotatable bonds is 3. The molecule has 0 fully saturated rings. The van der Waals surface area contributed by atoms with Crippen molar-refractivity contribution in [2.24, 2.45) is 0 Å². The number of aryl methyl sites for hydroxylation is 1. The number of benzene rings is 1. The molecule has 0 N–H and O–H groups in total. The second-order valence-corrected chi connectivity index (χ2v) is 3.43. The molecule has 0 heterocycles. The molecule has 0 atom stereocenters. The number of hydrogen-bond acceptors (Lipinski definition) is 1. The Morgan fingerprint density at radius 2 is 2.00 bits per heavy atom. The zero-order valence-corrected chi connectivity index (χ0v) is 8.75. The normalized spacial score (nSPS) is 11.1. The monoisotopic (exact) mass is 185 g/mol. The molecule has 0 aromatic heterocycles. The lowest BCUT2D eigenvalue weighted by atomic mass is 10.1. The fourth-order valence-electron chi connectivity index (χ4n) is 1.35. The lowest BCUT2D eigenvalue weighted by Gasteiger charge is -1.99. The average molecular weight is 185 g/mol. The first-order chi connectivity index (χ1) is 6.76. The van der Waals surface area contributed by atoms with E-state index in [0.717, 1.165) is 17.6 Å². The molecule has 1 rings (SSSR count). The maximum absolute atomic E-state index is 8.62. The maximum Gasteiger partial charge on any atom is 0.0944 e. The molecule has 14 heavy (non-hydrogen) atoms. The van der Waals surface area contributed by atoms with E-state index in [1.807, 2.05) is 13.0 Å². The first-order valence-corrected chi connectivity index (χ1v) is 4.93. The van der Waals surface area contributed by atoms with Gasteiger partial charge in [-0.05, 0) is 30.5 Å². The van der Waals surface area contributed by atoms with Gasteiger partial charge in [-0.3, -0.25) is 0 Å². The molecule has 0 amide bonds. The van der Waals surface area contributed by atoms with Gasteiger partial charge in [0.15, 0.2) is 0 Å². The van der Waals surface area contributed by atoms with Crippen molar-refractivity contribution in [2.75, 3.05) is 0 Å². The zero-order valence-electron chi connectivity index (χ0n) is 8.75. The Kier molecular flexibility index (Phi) is 3.94. The second kappa shape index (κ2) is 5.24. The molecular weight excluding hydrogens is 170 g/mol. The highest BCUT2D eigenvalue weighted by atomic mass is 14.2. The van der Waals surface area contributed by atoms with Crippen molar-refractivity contribution in [1.29, 1.82) is 5.26 Å². The van der Waals surface area contributed by atoms with Crippen LogP contribution >= 0.6 is 0 Å². The Morgan fingerprint density at radius 3 is 2.50 bits per heavy atom. The van der Waals surface area contributed by atoms with Crippen LogP contribution in [0.2, 0.25) is 0 Å². The van der Waals surface area contributed by atoms with E-state index < -0.39 is 0 Å². The minimum atomic E-state index is 0.744. The quantitative estimate of drug-likeness (QED) is 0.660. The largest absolute Gasteiger partial charge is 0.193 e. The van der Waals surface area contributed by atoms with E-state index in [4.69, 9.17) is 5.26 Å². The summed E-state index contributed by atoms with van der Waals surface area (Å²) in [5.41, 5.74) is 3.21.